The minimum atomic E-state index is -0.862. The van der Waals surface area contributed by atoms with E-state index in [9.17, 15) is 19.2 Å². The summed E-state index contributed by atoms with van der Waals surface area (Å²) in [7, 11) is 2.43. The number of amides is 4. The van der Waals surface area contributed by atoms with Gasteiger partial charge in [-0.2, -0.15) is 5.26 Å². The zero-order chi connectivity index (χ0) is 22.0. The average molecular weight is 390 g/mol. The summed E-state index contributed by atoms with van der Waals surface area (Å²) in [5.41, 5.74) is -0.296. The summed E-state index contributed by atoms with van der Waals surface area (Å²) in [5, 5.41) is 8.65. The largest absolute Gasteiger partial charge is 0.333 e. The van der Waals surface area contributed by atoms with Gasteiger partial charge in [-0.3, -0.25) is 24.2 Å². The Balaban J connectivity index is 0.000000887. The van der Waals surface area contributed by atoms with E-state index < -0.39 is 35.6 Å². The van der Waals surface area contributed by atoms with Crippen LogP contribution in [-0.4, -0.2) is 72.1 Å². The zero-order valence-electron chi connectivity index (χ0n) is 17.7. The topological polar surface area (TPSA) is 102 Å². The second-order valence-electron chi connectivity index (χ2n) is 6.10. The number of allylic oxidation sites excluding steroid dienone is 2. The van der Waals surface area contributed by atoms with Crippen LogP contribution in [0.1, 0.15) is 40.5 Å². The number of carbonyl (C=O) groups excluding carboxylic acids is 4. The molecule has 1 rings (SSSR count). The number of likely N-dealkylation sites (N-methyl/N-ethyl adjacent to an activating group) is 2. The van der Waals surface area contributed by atoms with Crippen molar-refractivity contribution in [1.82, 2.24) is 14.7 Å². The number of nitriles is 1. The van der Waals surface area contributed by atoms with Crippen molar-refractivity contribution in [1.29, 1.82) is 5.26 Å². The number of urea groups is 1. The molecule has 0 aromatic heterocycles. The van der Waals surface area contributed by atoms with Crippen molar-refractivity contribution < 1.29 is 19.2 Å². The number of hydrogen-bond donors (Lipinski definition) is 0. The summed E-state index contributed by atoms with van der Waals surface area (Å²) in [6.07, 6.45) is -0.141. The highest BCUT2D eigenvalue weighted by molar-refractivity contribution is 6.32. The van der Waals surface area contributed by atoms with Gasteiger partial charge in [-0.1, -0.05) is 34.3 Å². The molecule has 0 spiro atoms. The highest BCUT2D eigenvalue weighted by Crippen LogP contribution is 2.25. The molecule has 8 heteroatoms. The summed E-state index contributed by atoms with van der Waals surface area (Å²) >= 11 is 0. The molecule has 0 bridgehead atoms. The Hall–Kier alpha value is -2.79. The monoisotopic (exact) mass is 390 g/mol. The minimum absolute atomic E-state index is 0.166. The Morgan fingerprint density at radius 3 is 1.71 bits per heavy atom. The number of carbonyl (C=O) groups is 4. The maximum atomic E-state index is 12.2. The Morgan fingerprint density at radius 1 is 1.00 bits per heavy atom. The van der Waals surface area contributed by atoms with Gasteiger partial charge < -0.3 is 4.90 Å². The predicted octanol–water partition coefficient (Wildman–Crippen LogP) is 2.13. The molecular weight excluding hydrogens is 360 g/mol. The molecule has 1 aliphatic heterocycles. The quantitative estimate of drug-likeness (QED) is 0.487. The number of barbiturate groups is 1. The number of imide groups is 2. The van der Waals surface area contributed by atoms with E-state index in [1.54, 1.807) is 13.0 Å². The molecule has 4 amide bonds. The summed E-state index contributed by atoms with van der Waals surface area (Å²) in [5.74, 6) is -2.38. The Morgan fingerprint density at radius 2 is 1.43 bits per heavy atom. The lowest BCUT2D eigenvalue weighted by Crippen LogP contribution is -2.53. The van der Waals surface area contributed by atoms with E-state index in [0.717, 1.165) is 9.80 Å². The maximum Gasteiger partial charge on any atom is 0.333 e. The molecule has 1 saturated heterocycles. The van der Waals surface area contributed by atoms with Gasteiger partial charge in [0.1, 0.15) is 5.57 Å². The number of nitrogens with zero attached hydrogens (tertiary/aromatic N) is 4. The van der Waals surface area contributed by atoms with Crippen molar-refractivity contribution in [3.63, 3.8) is 0 Å². The van der Waals surface area contributed by atoms with Crippen molar-refractivity contribution in [3.05, 3.63) is 23.3 Å². The summed E-state index contributed by atoms with van der Waals surface area (Å²) in [6.45, 7) is 15.5. The van der Waals surface area contributed by atoms with E-state index in [1.807, 2.05) is 0 Å². The van der Waals surface area contributed by atoms with Gasteiger partial charge in [0.15, 0.2) is 5.78 Å². The summed E-state index contributed by atoms with van der Waals surface area (Å²) in [6, 6.07) is 0.910. The van der Waals surface area contributed by atoms with Gasteiger partial charge >= 0.3 is 6.03 Å². The maximum absolute atomic E-state index is 12.2. The van der Waals surface area contributed by atoms with E-state index in [0.29, 0.717) is 6.42 Å². The number of rotatable bonds is 7. The van der Waals surface area contributed by atoms with Crippen LogP contribution in [-0.2, 0) is 14.4 Å². The van der Waals surface area contributed by atoms with Crippen molar-refractivity contribution >= 4 is 23.6 Å². The summed E-state index contributed by atoms with van der Waals surface area (Å²) in [4.78, 5) is 52.0. The fourth-order valence-electron chi connectivity index (χ4n) is 2.56. The molecule has 0 radical (unpaired) electrons. The predicted molar refractivity (Wildman–Crippen MR) is 106 cm³/mol. The van der Waals surface area contributed by atoms with Gasteiger partial charge in [0.05, 0.1) is 12.5 Å². The van der Waals surface area contributed by atoms with Crippen LogP contribution in [0, 0.1) is 11.3 Å². The third kappa shape index (κ3) is 5.86. The molecule has 0 N–H and O–H groups in total. The Labute approximate surface area is 167 Å². The first-order chi connectivity index (χ1) is 13.1. The standard InChI is InChI=1S/C14H15N3O4.C6H15N/c1-5-8(2)10(9(18)6-7-15)11-12(19)16(3)14(21)17(4)13(11)20;1-4-7(5-2)6-3/h2,5-6H2,1,3-4H3;4-6H2,1-3H3. The third-order valence-corrected chi connectivity index (χ3v) is 4.50. The normalized spacial score (nSPS) is 13.9. The minimum Gasteiger partial charge on any atom is -0.304 e. The lowest BCUT2D eigenvalue weighted by atomic mass is 9.92. The third-order valence-electron chi connectivity index (χ3n) is 4.50. The fraction of sp³-hybridized carbons (Fsp3) is 0.550. The lowest BCUT2D eigenvalue weighted by Gasteiger charge is -2.30. The van der Waals surface area contributed by atoms with E-state index in [2.05, 4.69) is 32.3 Å². The van der Waals surface area contributed by atoms with Gasteiger partial charge in [0.2, 0.25) is 0 Å². The average Bonchev–Trinajstić information content (AvgIpc) is 2.69. The van der Waals surface area contributed by atoms with Crippen LogP contribution in [0.2, 0.25) is 0 Å². The van der Waals surface area contributed by atoms with Crippen LogP contribution >= 0.6 is 0 Å². The van der Waals surface area contributed by atoms with Gasteiger partial charge in [-0.05, 0) is 31.6 Å². The highest BCUT2D eigenvalue weighted by atomic mass is 16.2. The van der Waals surface area contributed by atoms with Crippen LogP contribution in [0.3, 0.4) is 0 Å². The van der Waals surface area contributed by atoms with E-state index in [-0.39, 0.29) is 11.1 Å². The van der Waals surface area contributed by atoms with Crippen LogP contribution in [0.4, 0.5) is 4.79 Å². The first-order valence-corrected chi connectivity index (χ1v) is 9.27. The van der Waals surface area contributed by atoms with Crippen LogP contribution in [0.15, 0.2) is 23.3 Å². The SMILES string of the molecule is C=C(CC)C(C(=O)CC#N)=C1C(=O)N(C)C(=O)N(C)C1=O.CCN(CC)CC. The van der Waals surface area contributed by atoms with E-state index in [1.165, 1.54) is 33.7 Å². The molecule has 154 valence electrons. The van der Waals surface area contributed by atoms with E-state index in [4.69, 9.17) is 5.26 Å². The molecule has 0 aromatic rings. The van der Waals surface area contributed by atoms with Gasteiger partial charge in [-0.25, -0.2) is 4.79 Å². The lowest BCUT2D eigenvalue weighted by molar-refractivity contribution is -0.135. The Bertz CT molecular complexity index is 683. The van der Waals surface area contributed by atoms with Crippen LogP contribution in [0.5, 0.6) is 0 Å². The van der Waals surface area contributed by atoms with Crippen molar-refractivity contribution in [2.45, 2.75) is 40.5 Å². The van der Waals surface area contributed by atoms with Gasteiger partial charge in [0.25, 0.3) is 11.8 Å². The second kappa shape index (κ2) is 11.8. The van der Waals surface area contributed by atoms with Crippen LogP contribution in [0.25, 0.3) is 0 Å². The van der Waals surface area contributed by atoms with Crippen molar-refractivity contribution in [3.8, 4) is 6.07 Å². The van der Waals surface area contributed by atoms with Crippen LogP contribution < -0.4 is 0 Å². The summed E-state index contributed by atoms with van der Waals surface area (Å²) < 4.78 is 0. The van der Waals surface area contributed by atoms with Gasteiger partial charge in [-0.15, -0.1) is 0 Å². The second-order valence-corrected chi connectivity index (χ2v) is 6.10. The van der Waals surface area contributed by atoms with E-state index >= 15 is 0 Å². The molecule has 0 saturated carbocycles. The first-order valence-electron chi connectivity index (χ1n) is 9.27. The number of hydrogen-bond acceptors (Lipinski definition) is 6. The highest BCUT2D eigenvalue weighted by Gasteiger charge is 2.41. The Kier molecular flexibility index (Phi) is 10.6. The number of Topliss-reactive ketones (excluding diaryl/α,β-unsaturated/α-hetero) is 1. The number of ketones is 1. The molecule has 8 nitrogen and oxygen atoms in total. The molecule has 0 unspecified atom stereocenters. The van der Waals surface area contributed by atoms with Crippen molar-refractivity contribution in [2.75, 3.05) is 33.7 Å². The van der Waals surface area contributed by atoms with Crippen molar-refractivity contribution in [2.24, 2.45) is 0 Å². The molecule has 1 aliphatic rings. The molecular formula is C20H30N4O4. The smallest absolute Gasteiger partial charge is 0.304 e. The fourth-order valence-corrected chi connectivity index (χ4v) is 2.56. The molecule has 1 fully saturated rings. The zero-order valence-corrected chi connectivity index (χ0v) is 17.7. The molecule has 0 aliphatic carbocycles. The molecule has 28 heavy (non-hydrogen) atoms. The van der Waals surface area contributed by atoms with Gasteiger partial charge in [0, 0.05) is 19.7 Å². The molecule has 1 heterocycles. The molecule has 0 atom stereocenters. The molecule has 0 aromatic carbocycles. The first kappa shape index (κ1) is 25.2.